The molecule has 0 aromatic heterocycles. The average molecular weight is 297 g/mol. The summed E-state index contributed by atoms with van der Waals surface area (Å²) in [5, 5.41) is 23.9. The summed E-state index contributed by atoms with van der Waals surface area (Å²) in [4.78, 5) is 0. The molecule has 1 fully saturated rings. The Bertz CT molecular complexity index is 635. The molecule has 1 aliphatic carbocycles. The lowest BCUT2D eigenvalue weighted by Gasteiger charge is -2.23. The van der Waals surface area contributed by atoms with Crippen molar-refractivity contribution in [1.29, 1.82) is 0 Å². The van der Waals surface area contributed by atoms with Gasteiger partial charge in [-0.15, -0.1) is 0 Å². The van der Waals surface area contributed by atoms with Crippen molar-refractivity contribution in [1.82, 2.24) is 5.32 Å². The number of aryl methyl sites for hydroxylation is 1. The Kier molecular flexibility index (Phi) is 4.19. The monoisotopic (exact) mass is 297 g/mol. The van der Waals surface area contributed by atoms with Gasteiger partial charge in [0.05, 0.1) is 6.10 Å². The lowest BCUT2D eigenvalue weighted by atomic mass is 9.92. The number of rotatable bonds is 6. The van der Waals surface area contributed by atoms with Crippen LogP contribution in [0.3, 0.4) is 0 Å². The van der Waals surface area contributed by atoms with Gasteiger partial charge in [0.25, 0.3) is 0 Å². The van der Waals surface area contributed by atoms with Crippen molar-refractivity contribution in [2.24, 2.45) is 5.41 Å². The molecule has 1 saturated carbocycles. The molecular weight excluding hydrogens is 274 g/mol. The summed E-state index contributed by atoms with van der Waals surface area (Å²) in [6, 6.07) is 15.5. The summed E-state index contributed by atoms with van der Waals surface area (Å²) in [6.45, 7) is 3.40. The Morgan fingerprint density at radius 1 is 1.14 bits per heavy atom. The van der Waals surface area contributed by atoms with E-state index in [-0.39, 0.29) is 5.41 Å². The first kappa shape index (κ1) is 15.1. The second kappa shape index (κ2) is 6.11. The molecule has 3 nitrogen and oxygen atoms in total. The highest BCUT2D eigenvalue weighted by atomic mass is 16.3. The lowest BCUT2D eigenvalue weighted by molar-refractivity contribution is 0.0917. The van der Waals surface area contributed by atoms with Crippen LogP contribution in [0.15, 0.2) is 48.5 Å². The molecule has 0 heterocycles. The average Bonchev–Trinajstić information content (AvgIpc) is 3.32. The standard InChI is InChI=1S/C19H23NO2/c1-14-7-8-17(21)16(11-14)12-20-13-19(9-10-19)18(22)15-5-3-2-4-6-15/h2-8,11,18,20-22H,9-10,12-13H2,1H3. The van der Waals surface area contributed by atoms with E-state index in [4.69, 9.17) is 0 Å². The molecule has 0 radical (unpaired) electrons. The Morgan fingerprint density at radius 3 is 2.55 bits per heavy atom. The van der Waals surface area contributed by atoms with Gasteiger partial charge < -0.3 is 15.5 Å². The number of phenols is 1. The van der Waals surface area contributed by atoms with E-state index in [1.165, 1.54) is 0 Å². The third-order valence-corrected chi connectivity index (χ3v) is 4.62. The Hall–Kier alpha value is -1.84. The van der Waals surface area contributed by atoms with Crippen LogP contribution in [-0.2, 0) is 6.54 Å². The van der Waals surface area contributed by atoms with Gasteiger partial charge in [0, 0.05) is 24.1 Å². The minimum absolute atomic E-state index is 0.0548. The number of benzene rings is 2. The van der Waals surface area contributed by atoms with Gasteiger partial charge in [-0.3, -0.25) is 0 Å². The van der Waals surface area contributed by atoms with E-state index >= 15 is 0 Å². The van der Waals surface area contributed by atoms with Crippen LogP contribution >= 0.6 is 0 Å². The number of nitrogens with one attached hydrogen (secondary N) is 1. The van der Waals surface area contributed by atoms with E-state index in [9.17, 15) is 10.2 Å². The highest BCUT2D eigenvalue weighted by Crippen LogP contribution is 2.54. The summed E-state index contributed by atoms with van der Waals surface area (Å²) in [5.74, 6) is 0.326. The summed E-state index contributed by atoms with van der Waals surface area (Å²) in [6.07, 6.45) is 1.65. The maximum Gasteiger partial charge on any atom is 0.120 e. The van der Waals surface area contributed by atoms with Crippen LogP contribution in [0, 0.1) is 12.3 Å². The number of phenolic OH excluding ortho intramolecular Hbond substituents is 1. The van der Waals surface area contributed by atoms with Crippen LogP contribution in [0.25, 0.3) is 0 Å². The lowest BCUT2D eigenvalue weighted by Crippen LogP contribution is -2.28. The first-order chi connectivity index (χ1) is 10.6. The van der Waals surface area contributed by atoms with Gasteiger partial charge in [0.2, 0.25) is 0 Å². The number of aromatic hydroxyl groups is 1. The maximum atomic E-state index is 10.6. The molecule has 1 aliphatic rings. The molecule has 0 saturated heterocycles. The van der Waals surface area contributed by atoms with Crippen LogP contribution in [0.5, 0.6) is 5.75 Å². The summed E-state index contributed by atoms with van der Waals surface area (Å²) in [5.41, 5.74) is 2.98. The minimum atomic E-state index is -0.424. The van der Waals surface area contributed by atoms with Gasteiger partial charge in [-0.1, -0.05) is 48.0 Å². The fourth-order valence-corrected chi connectivity index (χ4v) is 3.00. The first-order valence-electron chi connectivity index (χ1n) is 7.83. The fourth-order valence-electron chi connectivity index (χ4n) is 3.00. The molecule has 1 unspecified atom stereocenters. The van der Waals surface area contributed by atoms with Crippen molar-refractivity contribution in [2.75, 3.05) is 6.54 Å². The molecule has 2 aromatic rings. The van der Waals surface area contributed by atoms with Gasteiger partial charge in [0.15, 0.2) is 0 Å². The largest absolute Gasteiger partial charge is 0.508 e. The number of aliphatic hydroxyl groups is 1. The first-order valence-corrected chi connectivity index (χ1v) is 7.83. The van der Waals surface area contributed by atoms with E-state index < -0.39 is 6.10 Å². The smallest absolute Gasteiger partial charge is 0.120 e. The molecule has 0 spiro atoms. The Morgan fingerprint density at radius 2 is 1.86 bits per heavy atom. The van der Waals surface area contributed by atoms with Crippen molar-refractivity contribution in [3.05, 3.63) is 65.2 Å². The molecular formula is C19H23NO2. The second-order valence-corrected chi connectivity index (χ2v) is 6.41. The highest BCUT2D eigenvalue weighted by molar-refractivity contribution is 5.35. The predicted octanol–water partition coefficient (Wildman–Crippen LogP) is 3.30. The zero-order valence-electron chi connectivity index (χ0n) is 12.9. The van der Waals surface area contributed by atoms with Crippen molar-refractivity contribution >= 4 is 0 Å². The summed E-state index contributed by atoms with van der Waals surface area (Å²) < 4.78 is 0. The van der Waals surface area contributed by atoms with Crippen LogP contribution in [0.2, 0.25) is 0 Å². The third-order valence-electron chi connectivity index (χ3n) is 4.62. The van der Waals surface area contributed by atoms with Crippen molar-refractivity contribution in [3.63, 3.8) is 0 Å². The molecule has 0 bridgehead atoms. The minimum Gasteiger partial charge on any atom is -0.508 e. The van der Waals surface area contributed by atoms with E-state index in [0.29, 0.717) is 12.3 Å². The van der Waals surface area contributed by atoms with Crippen molar-refractivity contribution in [2.45, 2.75) is 32.4 Å². The molecule has 2 aromatic carbocycles. The molecule has 22 heavy (non-hydrogen) atoms. The highest BCUT2D eigenvalue weighted by Gasteiger charge is 2.48. The van der Waals surface area contributed by atoms with Crippen LogP contribution < -0.4 is 5.32 Å². The number of aliphatic hydroxyl groups excluding tert-OH is 1. The molecule has 3 N–H and O–H groups in total. The van der Waals surface area contributed by atoms with Crippen LogP contribution in [0.4, 0.5) is 0 Å². The molecule has 0 aliphatic heterocycles. The number of hydrogen-bond donors (Lipinski definition) is 3. The van der Waals surface area contributed by atoms with E-state index in [1.807, 2.05) is 49.4 Å². The quantitative estimate of drug-likeness (QED) is 0.767. The van der Waals surface area contributed by atoms with Gasteiger partial charge in [-0.2, -0.15) is 0 Å². The summed E-state index contributed by atoms with van der Waals surface area (Å²) in [7, 11) is 0. The van der Waals surface area contributed by atoms with E-state index in [0.717, 1.165) is 36.1 Å². The SMILES string of the molecule is Cc1ccc(O)c(CNCC2(C(O)c3ccccc3)CC2)c1. The predicted molar refractivity (Wildman–Crippen MR) is 87.6 cm³/mol. The van der Waals surface area contributed by atoms with Gasteiger partial charge in [-0.25, -0.2) is 0 Å². The number of hydrogen-bond acceptors (Lipinski definition) is 3. The maximum absolute atomic E-state index is 10.6. The third kappa shape index (κ3) is 3.16. The van der Waals surface area contributed by atoms with Gasteiger partial charge >= 0.3 is 0 Å². The fraction of sp³-hybridized carbons (Fsp3) is 0.368. The summed E-state index contributed by atoms with van der Waals surface area (Å²) >= 11 is 0. The topological polar surface area (TPSA) is 52.5 Å². The Balaban J connectivity index is 1.60. The van der Waals surface area contributed by atoms with Gasteiger partial charge in [0.1, 0.15) is 5.75 Å². The zero-order valence-corrected chi connectivity index (χ0v) is 12.9. The van der Waals surface area contributed by atoms with Crippen LogP contribution in [0.1, 0.15) is 35.6 Å². The zero-order chi connectivity index (χ0) is 15.6. The molecule has 116 valence electrons. The van der Waals surface area contributed by atoms with E-state index in [1.54, 1.807) is 6.07 Å². The van der Waals surface area contributed by atoms with Crippen LogP contribution in [-0.4, -0.2) is 16.8 Å². The molecule has 3 heteroatoms. The Labute approximate surface area is 131 Å². The van der Waals surface area contributed by atoms with Crippen molar-refractivity contribution < 1.29 is 10.2 Å². The second-order valence-electron chi connectivity index (χ2n) is 6.41. The van der Waals surface area contributed by atoms with Crippen molar-refractivity contribution in [3.8, 4) is 5.75 Å². The van der Waals surface area contributed by atoms with Gasteiger partial charge in [-0.05, 0) is 31.4 Å². The molecule has 3 rings (SSSR count). The molecule has 1 atom stereocenters. The molecule has 0 amide bonds. The normalized spacial score (nSPS) is 17.2. The van der Waals surface area contributed by atoms with E-state index in [2.05, 4.69) is 5.32 Å².